The first-order valence-electron chi connectivity index (χ1n) is 6.29. The van der Waals surface area contributed by atoms with Gasteiger partial charge in [-0.1, -0.05) is 24.3 Å². The lowest BCUT2D eigenvalue weighted by atomic mass is 10.1. The number of sulfonamides is 1. The van der Waals surface area contributed by atoms with Crippen molar-refractivity contribution in [3.63, 3.8) is 0 Å². The van der Waals surface area contributed by atoms with Crippen LogP contribution < -0.4 is 10.5 Å². The highest BCUT2D eigenvalue weighted by atomic mass is 32.2. The smallest absolute Gasteiger partial charge is 0.236 e. The van der Waals surface area contributed by atoms with E-state index in [0.717, 1.165) is 5.56 Å². The van der Waals surface area contributed by atoms with Crippen molar-refractivity contribution in [2.75, 3.05) is 10.5 Å². The molecule has 3 N–H and O–H groups in total. The summed E-state index contributed by atoms with van der Waals surface area (Å²) < 4.78 is 26.6. The minimum absolute atomic E-state index is 0.118. The van der Waals surface area contributed by atoms with Crippen molar-refractivity contribution in [2.24, 2.45) is 0 Å². The lowest BCUT2D eigenvalue weighted by molar-refractivity contribution is 0.600. The van der Waals surface area contributed by atoms with Crippen LogP contribution in [0.4, 0.5) is 11.4 Å². The highest BCUT2D eigenvalue weighted by molar-refractivity contribution is 7.91. The van der Waals surface area contributed by atoms with Gasteiger partial charge in [-0.2, -0.15) is 5.26 Å². The van der Waals surface area contributed by atoms with Gasteiger partial charge in [-0.25, -0.2) is 8.42 Å². The van der Waals surface area contributed by atoms with E-state index >= 15 is 0 Å². The zero-order chi connectivity index (χ0) is 15.3. The molecule has 2 aromatic carbocycles. The fourth-order valence-electron chi connectivity index (χ4n) is 1.83. The van der Waals surface area contributed by atoms with Crippen LogP contribution in [0.15, 0.2) is 48.5 Å². The normalized spacial score (nSPS) is 10.8. The summed E-state index contributed by atoms with van der Waals surface area (Å²) in [6.45, 7) is 0. The summed E-state index contributed by atoms with van der Waals surface area (Å²) in [4.78, 5) is 0. The molecule has 0 spiro atoms. The van der Waals surface area contributed by atoms with Crippen LogP contribution in [0.3, 0.4) is 0 Å². The molecule has 0 atom stereocenters. The first-order chi connectivity index (χ1) is 9.98. The Morgan fingerprint density at radius 3 is 2.14 bits per heavy atom. The highest BCUT2D eigenvalue weighted by Crippen LogP contribution is 2.15. The number of nitrogens with zero attached hydrogens (tertiary/aromatic N) is 1. The molecule has 0 fully saturated rings. The molecule has 0 bridgehead atoms. The van der Waals surface area contributed by atoms with Gasteiger partial charge in [0.25, 0.3) is 0 Å². The Balaban J connectivity index is 2.06. The summed E-state index contributed by atoms with van der Waals surface area (Å²) in [6, 6.07) is 15.5. The molecule has 2 aromatic rings. The molecule has 0 saturated carbocycles. The van der Waals surface area contributed by atoms with E-state index in [2.05, 4.69) is 4.72 Å². The van der Waals surface area contributed by atoms with Crippen LogP contribution in [-0.2, 0) is 22.2 Å². The average molecular weight is 301 g/mol. The third-order valence-electron chi connectivity index (χ3n) is 2.85. The second-order valence-electron chi connectivity index (χ2n) is 4.63. The van der Waals surface area contributed by atoms with Crippen molar-refractivity contribution in [1.29, 1.82) is 5.26 Å². The number of nitrogens with one attached hydrogen (secondary N) is 1. The number of hydrogen-bond donors (Lipinski definition) is 2. The number of nitrogens with two attached hydrogens (primary N) is 1. The molecule has 0 aliphatic carbocycles. The maximum absolute atomic E-state index is 12.1. The Morgan fingerprint density at radius 1 is 1.00 bits per heavy atom. The molecule has 21 heavy (non-hydrogen) atoms. The quantitative estimate of drug-likeness (QED) is 0.828. The largest absolute Gasteiger partial charge is 0.399 e. The Hall–Kier alpha value is -2.52. The maximum atomic E-state index is 12.1. The summed E-state index contributed by atoms with van der Waals surface area (Å²) in [7, 11) is -3.48. The molecule has 0 saturated heterocycles. The number of benzene rings is 2. The third kappa shape index (κ3) is 4.51. The molecule has 0 unspecified atom stereocenters. The van der Waals surface area contributed by atoms with Crippen LogP contribution in [0.5, 0.6) is 0 Å². The van der Waals surface area contributed by atoms with E-state index in [4.69, 9.17) is 11.0 Å². The molecule has 5 nitrogen and oxygen atoms in total. The number of anilines is 2. The van der Waals surface area contributed by atoms with Crippen molar-refractivity contribution in [2.45, 2.75) is 12.2 Å². The van der Waals surface area contributed by atoms with Crippen LogP contribution in [0.25, 0.3) is 0 Å². The summed E-state index contributed by atoms with van der Waals surface area (Å²) >= 11 is 0. The van der Waals surface area contributed by atoms with Gasteiger partial charge in [0.05, 0.1) is 18.2 Å². The molecular formula is C15H15N3O2S. The van der Waals surface area contributed by atoms with E-state index < -0.39 is 10.0 Å². The average Bonchev–Trinajstić information content (AvgIpc) is 2.43. The maximum Gasteiger partial charge on any atom is 0.236 e. The third-order valence-corrected chi connectivity index (χ3v) is 4.11. The first-order valence-corrected chi connectivity index (χ1v) is 7.94. The molecule has 0 heterocycles. The van der Waals surface area contributed by atoms with Gasteiger partial charge < -0.3 is 5.73 Å². The van der Waals surface area contributed by atoms with Gasteiger partial charge in [0.2, 0.25) is 10.0 Å². The van der Waals surface area contributed by atoms with Gasteiger partial charge in [0.15, 0.2) is 0 Å². The van der Waals surface area contributed by atoms with Crippen molar-refractivity contribution < 1.29 is 8.42 Å². The van der Waals surface area contributed by atoms with Crippen molar-refractivity contribution >= 4 is 21.4 Å². The monoisotopic (exact) mass is 301 g/mol. The van der Waals surface area contributed by atoms with Crippen LogP contribution in [0.2, 0.25) is 0 Å². The summed E-state index contributed by atoms with van der Waals surface area (Å²) in [6.07, 6.45) is 0.304. The number of rotatable bonds is 5. The number of hydrogen-bond acceptors (Lipinski definition) is 4. The highest BCUT2D eigenvalue weighted by Gasteiger charge is 2.11. The summed E-state index contributed by atoms with van der Waals surface area (Å²) in [5.74, 6) is -0.118. The molecule has 0 amide bonds. The second-order valence-corrected chi connectivity index (χ2v) is 6.36. The molecule has 0 radical (unpaired) electrons. The molecule has 0 aliphatic rings. The van der Waals surface area contributed by atoms with Crippen LogP contribution in [0, 0.1) is 11.3 Å². The second kappa shape index (κ2) is 6.29. The minimum Gasteiger partial charge on any atom is -0.399 e. The molecule has 0 aromatic heterocycles. The van der Waals surface area contributed by atoms with Gasteiger partial charge >= 0.3 is 0 Å². The Morgan fingerprint density at radius 2 is 1.57 bits per heavy atom. The summed E-state index contributed by atoms with van der Waals surface area (Å²) in [5, 5.41) is 8.59. The van der Waals surface area contributed by atoms with Gasteiger partial charge in [0.1, 0.15) is 0 Å². The van der Waals surface area contributed by atoms with E-state index in [0.29, 0.717) is 23.4 Å². The Labute approximate surface area is 124 Å². The lowest BCUT2D eigenvalue weighted by Gasteiger charge is -2.08. The van der Waals surface area contributed by atoms with Crippen LogP contribution in [0.1, 0.15) is 11.1 Å². The SMILES string of the molecule is N#CCc1ccc(NS(=O)(=O)Cc2ccc(N)cc2)cc1. The fraction of sp³-hybridized carbons (Fsp3) is 0.133. The van der Waals surface area contributed by atoms with Gasteiger partial charge in [-0.15, -0.1) is 0 Å². The standard InChI is InChI=1S/C15H15N3O2S/c16-10-9-12-3-7-15(8-4-12)18-21(19,20)11-13-1-5-14(17)6-2-13/h1-8,18H,9,11,17H2. The molecule has 108 valence electrons. The van der Waals surface area contributed by atoms with Crippen molar-refractivity contribution in [1.82, 2.24) is 0 Å². The zero-order valence-corrected chi connectivity index (χ0v) is 12.1. The number of nitrogen functional groups attached to an aromatic ring is 1. The molecular weight excluding hydrogens is 286 g/mol. The van der Waals surface area contributed by atoms with E-state index in [1.54, 1.807) is 48.5 Å². The fourth-order valence-corrected chi connectivity index (χ4v) is 3.03. The predicted molar refractivity (Wildman–Crippen MR) is 82.9 cm³/mol. The molecule has 0 aliphatic heterocycles. The van der Waals surface area contributed by atoms with Gasteiger partial charge in [-0.05, 0) is 35.4 Å². The van der Waals surface area contributed by atoms with Crippen LogP contribution >= 0.6 is 0 Å². The zero-order valence-electron chi connectivity index (χ0n) is 11.3. The molecule has 6 heteroatoms. The predicted octanol–water partition coefficient (Wildman–Crippen LogP) is 2.28. The van der Waals surface area contributed by atoms with Crippen molar-refractivity contribution in [3.05, 3.63) is 59.7 Å². The topological polar surface area (TPSA) is 96.0 Å². The Bertz CT molecular complexity index is 745. The van der Waals surface area contributed by atoms with Gasteiger partial charge in [-0.3, -0.25) is 4.72 Å². The minimum atomic E-state index is -3.48. The van der Waals surface area contributed by atoms with Gasteiger partial charge in [0, 0.05) is 11.4 Å². The van der Waals surface area contributed by atoms with E-state index in [1.165, 1.54) is 0 Å². The van der Waals surface area contributed by atoms with E-state index in [-0.39, 0.29) is 5.75 Å². The van der Waals surface area contributed by atoms with E-state index in [1.807, 2.05) is 6.07 Å². The lowest BCUT2D eigenvalue weighted by Crippen LogP contribution is -2.15. The number of nitriles is 1. The molecule has 2 rings (SSSR count). The first kappa shape index (κ1) is 14.9. The van der Waals surface area contributed by atoms with Crippen LogP contribution in [-0.4, -0.2) is 8.42 Å². The Kier molecular flexibility index (Phi) is 4.45. The van der Waals surface area contributed by atoms with E-state index in [9.17, 15) is 8.42 Å². The van der Waals surface area contributed by atoms with Crippen molar-refractivity contribution in [3.8, 4) is 6.07 Å². The summed E-state index contributed by atoms with van der Waals surface area (Å²) in [5.41, 5.74) is 8.15.